The summed E-state index contributed by atoms with van der Waals surface area (Å²) in [4.78, 5) is 30.3. The zero-order chi connectivity index (χ0) is 21.7. The molecule has 1 amide bonds. The van der Waals surface area contributed by atoms with Gasteiger partial charge in [0.1, 0.15) is 10.8 Å². The number of hydrogen-bond acceptors (Lipinski definition) is 6. The van der Waals surface area contributed by atoms with Crippen LogP contribution >= 0.6 is 11.3 Å². The van der Waals surface area contributed by atoms with Crippen molar-refractivity contribution in [2.45, 2.75) is 38.5 Å². The number of nitrogens with zero attached hydrogens (tertiary/aromatic N) is 2. The van der Waals surface area contributed by atoms with E-state index in [2.05, 4.69) is 9.72 Å². The van der Waals surface area contributed by atoms with Crippen LogP contribution < -0.4 is 4.74 Å². The molecule has 0 bridgehead atoms. The number of ketones is 1. The number of amides is 1. The molecule has 0 saturated carbocycles. The molecule has 1 fully saturated rings. The van der Waals surface area contributed by atoms with Crippen molar-refractivity contribution >= 4 is 33.2 Å². The molecule has 0 N–H and O–H groups in total. The van der Waals surface area contributed by atoms with Crippen LogP contribution in [0.5, 0.6) is 5.75 Å². The molecule has 0 spiro atoms. The first-order chi connectivity index (χ1) is 14.2. The molecule has 1 aromatic carbocycles. The molecule has 0 radical (unpaired) electrons. The first-order valence-corrected chi connectivity index (χ1v) is 10.5. The van der Waals surface area contributed by atoms with Crippen molar-refractivity contribution in [1.82, 2.24) is 9.88 Å². The number of fused-ring (bicyclic) bond motifs is 1. The molecule has 1 aromatic heterocycles. The number of Topliss-reactive ketones (excluding diaryl/α,β-unsaturated/α-hetero) is 1. The topological polar surface area (TPSA) is 68.7 Å². The molecule has 0 unspecified atom stereocenters. The van der Waals surface area contributed by atoms with Gasteiger partial charge in [0.2, 0.25) is 5.91 Å². The lowest BCUT2D eigenvalue weighted by Gasteiger charge is -2.23. The van der Waals surface area contributed by atoms with Gasteiger partial charge in [-0.3, -0.25) is 9.59 Å². The average Bonchev–Trinajstić information content (AvgIpc) is 3.06. The molecule has 1 aliphatic rings. The molecule has 164 valence electrons. The number of carbonyl (C=O) groups excluding carboxylic acids is 2. The molecule has 1 saturated heterocycles. The highest BCUT2D eigenvalue weighted by atomic mass is 32.1. The van der Waals surface area contributed by atoms with E-state index >= 15 is 0 Å². The van der Waals surface area contributed by atoms with E-state index in [9.17, 15) is 22.8 Å². The van der Waals surface area contributed by atoms with E-state index in [0.717, 1.165) is 43.8 Å². The molecule has 0 atom stereocenters. The van der Waals surface area contributed by atoms with Crippen molar-refractivity contribution in [3.8, 4) is 5.75 Å². The van der Waals surface area contributed by atoms with Crippen molar-refractivity contribution in [3.63, 3.8) is 0 Å². The Morgan fingerprint density at radius 1 is 1.30 bits per heavy atom. The molecule has 2 heterocycles. The minimum absolute atomic E-state index is 0.0202. The first kappa shape index (κ1) is 22.5. The number of aromatic nitrogens is 1. The largest absolute Gasteiger partial charge is 0.573 e. The SMILES string of the molecule is CN(CC(=O)Cc1nc2ccc(OC(F)(F)F)cc2s1)C(=O)CCC1CCOCC1. The zero-order valence-corrected chi connectivity index (χ0v) is 17.4. The summed E-state index contributed by atoms with van der Waals surface area (Å²) in [5, 5.41) is 0.488. The summed E-state index contributed by atoms with van der Waals surface area (Å²) in [7, 11) is 1.60. The monoisotopic (exact) mass is 444 g/mol. The van der Waals surface area contributed by atoms with Gasteiger partial charge in [0, 0.05) is 26.7 Å². The second kappa shape index (κ2) is 9.74. The summed E-state index contributed by atoms with van der Waals surface area (Å²) in [6.45, 7) is 1.45. The number of benzene rings is 1. The van der Waals surface area contributed by atoms with Gasteiger partial charge >= 0.3 is 6.36 Å². The minimum Gasteiger partial charge on any atom is -0.406 e. The second-order valence-electron chi connectivity index (χ2n) is 7.34. The minimum atomic E-state index is -4.76. The number of carbonyl (C=O) groups is 2. The predicted molar refractivity (Wildman–Crippen MR) is 105 cm³/mol. The maximum absolute atomic E-state index is 12.3. The Morgan fingerprint density at radius 2 is 2.03 bits per heavy atom. The van der Waals surface area contributed by atoms with Crippen LogP contribution in [0.3, 0.4) is 0 Å². The Balaban J connectivity index is 1.50. The standard InChI is InChI=1S/C20H23F3N2O4S/c1-25(19(27)5-2-13-6-8-28-9-7-13)12-14(26)10-18-24-16-4-3-15(11-17(16)30-18)29-20(21,22)23/h3-4,11,13H,2,5-10,12H2,1H3. The Bertz CT molecular complexity index is 894. The quantitative estimate of drug-likeness (QED) is 0.616. The summed E-state index contributed by atoms with van der Waals surface area (Å²) in [6, 6.07) is 3.86. The van der Waals surface area contributed by atoms with E-state index in [1.165, 1.54) is 23.1 Å². The molecular formula is C20H23F3N2O4S. The normalized spacial score (nSPS) is 15.3. The Labute approximate surface area is 176 Å². The summed E-state index contributed by atoms with van der Waals surface area (Å²) in [6.07, 6.45) is -1.63. The van der Waals surface area contributed by atoms with Crippen LogP contribution in [-0.2, 0) is 20.7 Å². The van der Waals surface area contributed by atoms with Gasteiger partial charge in [0.05, 0.1) is 23.2 Å². The van der Waals surface area contributed by atoms with Crippen molar-refractivity contribution < 1.29 is 32.2 Å². The summed E-state index contributed by atoms with van der Waals surface area (Å²) < 4.78 is 46.8. The predicted octanol–water partition coefficient (Wildman–Crippen LogP) is 3.97. The van der Waals surface area contributed by atoms with Gasteiger partial charge in [-0.2, -0.15) is 0 Å². The van der Waals surface area contributed by atoms with E-state index in [1.54, 1.807) is 7.05 Å². The third-order valence-corrected chi connectivity index (χ3v) is 5.95. The van der Waals surface area contributed by atoms with Gasteiger partial charge < -0.3 is 14.4 Å². The number of ether oxygens (including phenoxy) is 2. The Kier molecular flexibility index (Phi) is 7.30. The first-order valence-electron chi connectivity index (χ1n) is 9.68. The number of rotatable bonds is 8. The van der Waals surface area contributed by atoms with Crippen LogP contribution in [0.25, 0.3) is 10.2 Å². The zero-order valence-electron chi connectivity index (χ0n) is 16.5. The second-order valence-corrected chi connectivity index (χ2v) is 8.46. The maximum atomic E-state index is 12.3. The molecule has 30 heavy (non-hydrogen) atoms. The lowest BCUT2D eigenvalue weighted by atomic mass is 9.95. The third-order valence-electron chi connectivity index (χ3n) is 4.93. The molecule has 10 heteroatoms. The van der Waals surface area contributed by atoms with Gasteiger partial charge in [-0.15, -0.1) is 24.5 Å². The number of halogens is 3. The van der Waals surface area contributed by atoms with E-state index in [0.29, 0.717) is 27.6 Å². The molecule has 3 rings (SSSR count). The number of hydrogen-bond donors (Lipinski definition) is 0. The molecular weight excluding hydrogens is 421 g/mol. The Morgan fingerprint density at radius 3 is 2.73 bits per heavy atom. The summed E-state index contributed by atoms with van der Waals surface area (Å²) in [5.41, 5.74) is 0.498. The highest BCUT2D eigenvalue weighted by molar-refractivity contribution is 7.18. The highest BCUT2D eigenvalue weighted by Gasteiger charge is 2.31. The Hall–Kier alpha value is -2.20. The lowest BCUT2D eigenvalue weighted by molar-refractivity contribution is -0.274. The van der Waals surface area contributed by atoms with Gasteiger partial charge in [-0.05, 0) is 43.4 Å². The fourth-order valence-electron chi connectivity index (χ4n) is 3.36. The van der Waals surface area contributed by atoms with Gasteiger partial charge in [0.25, 0.3) is 0 Å². The maximum Gasteiger partial charge on any atom is 0.573 e. The van der Waals surface area contributed by atoms with Crippen LogP contribution in [0.15, 0.2) is 18.2 Å². The van der Waals surface area contributed by atoms with Gasteiger partial charge in [0.15, 0.2) is 5.78 Å². The van der Waals surface area contributed by atoms with Crippen LogP contribution in [0.4, 0.5) is 13.2 Å². The number of likely N-dealkylation sites (N-methyl/N-ethyl adjacent to an activating group) is 1. The lowest BCUT2D eigenvalue weighted by Crippen LogP contribution is -2.33. The smallest absolute Gasteiger partial charge is 0.406 e. The van der Waals surface area contributed by atoms with E-state index < -0.39 is 6.36 Å². The molecule has 1 aliphatic heterocycles. The molecule has 6 nitrogen and oxygen atoms in total. The number of thiazole rings is 1. The van der Waals surface area contributed by atoms with Crippen LogP contribution in [0.2, 0.25) is 0 Å². The van der Waals surface area contributed by atoms with Crippen molar-refractivity contribution in [2.75, 3.05) is 26.8 Å². The van der Waals surface area contributed by atoms with Crippen molar-refractivity contribution in [2.24, 2.45) is 5.92 Å². The van der Waals surface area contributed by atoms with Crippen molar-refractivity contribution in [3.05, 3.63) is 23.2 Å². The summed E-state index contributed by atoms with van der Waals surface area (Å²) >= 11 is 1.14. The van der Waals surface area contributed by atoms with Gasteiger partial charge in [-0.25, -0.2) is 4.98 Å². The van der Waals surface area contributed by atoms with Crippen molar-refractivity contribution in [1.29, 1.82) is 0 Å². The number of alkyl halides is 3. The third kappa shape index (κ3) is 6.66. The van der Waals surface area contributed by atoms with E-state index in [4.69, 9.17) is 4.74 Å². The average molecular weight is 444 g/mol. The fraction of sp³-hybridized carbons (Fsp3) is 0.550. The fourth-order valence-corrected chi connectivity index (χ4v) is 4.38. The molecule has 0 aliphatic carbocycles. The van der Waals surface area contributed by atoms with E-state index in [1.807, 2.05) is 0 Å². The van der Waals surface area contributed by atoms with Crippen LogP contribution in [0.1, 0.15) is 30.7 Å². The highest BCUT2D eigenvalue weighted by Crippen LogP contribution is 2.30. The van der Waals surface area contributed by atoms with Crippen LogP contribution in [-0.4, -0.2) is 54.7 Å². The summed E-state index contributed by atoms with van der Waals surface area (Å²) in [5.74, 6) is -0.0945. The van der Waals surface area contributed by atoms with Crippen LogP contribution in [0, 0.1) is 5.92 Å². The van der Waals surface area contributed by atoms with E-state index in [-0.39, 0.29) is 30.4 Å². The van der Waals surface area contributed by atoms with Gasteiger partial charge in [-0.1, -0.05) is 0 Å². The molecule has 2 aromatic rings.